The van der Waals surface area contributed by atoms with Crippen molar-refractivity contribution in [2.24, 2.45) is 0 Å². The summed E-state index contributed by atoms with van der Waals surface area (Å²) in [5.41, 5.74) is 0.921. The van der Waals surface area contributed by atoms with E-state index in [0.29, 0.717) is 33.4 Å². The summed E-state index contributed by atoms with van der Waals surface area (Å²) in [7, 11) is 0. The number of halogens is 6. The van der Waals surface area contributed by atoms with Crippen LogP contribution >= 0.6 is 69.6 Å². The lowest BCUT2D eigenvalue weighted by molar-refractivity contribution is -0.136. The number of ketones is 3. The van der Waals surface area contributed by atoms with Crippen LogP contribution in [0.1, 0.15) is 166 Å². The normalized spacial score (nSPS) is 13.2. The van der Waals surface area contributed by atoms with Crippen LogP contribution in [0.15, 0.2) is 176 Å². The quantitative estimate of drug-likeness (QED) is 0.0265. The highest BCUT2D eigenvalue weighted by Gasteiger charge is 2.46. The van der Waals surface area contributed by atoms with Gasteiger partial charge in [-0.25, -0.2) is 14.7 Å². The van der Waals surface area contributed by atoms with Crippen molar-refractivity contribution in [1.29, 1.82) is 0 Å². The van der Waals surface area contributed by atoms with E-state index in [4.69, 9.17) is 83.8 Å². The Balaban J connectivity index is 1.12. The molecule has 0 atom stereocenters. The highest BCUT2D eigenvalue weighted by molar-refractivity contribution is 6.46. The first-order valence-corrected chi connectivity index (χ1v) is 33.4. The maximum absolute atomic E-state index is 14.5. The molecule has 3 aliphatic rings. The van der Waals surface area contributed by atoms with Crippen LogP contribution in [0.3, 0.4) is 0 Å². The van der Waals surface area contributed by atoms with Gasteiger partial charge in [0.1, 0.15) is 34.6 Å². The van der Waals surface area contributed by atoms with Crippen molar-refractivity contribution in [2.75, 3.05) is 14.7 Å². The summed E-state index contributed by atoms with van der Waals surface area (Å²) in [6, 6.07) is 44.6. The van der Waals surface area contributed by atoms with Gasteiger partial charge in [-0.3, -0.25) is 43.2 Å². The number of esters is 3. The summed E-state index contributed by atoms with van der Waals surface area (Å²) in [4.78, 5) is 165. The minimum Gasteiger partial charge on any atom is -0.427 e. The number of carbonyl (C=O) groups excluding carboxylic acids is 12. The van der Waals surface area contributed by atoms with Crippen LogP contribution < -0.4 is 28.9 Å². The van der Waals surface area contributed by atoms with Gasteiger partial charge in [0.25, 0.3) is 35.4 Å². The van der Waals surface area contributed by atoms with Gasteiger partial charge < -0.3 is 28.6 Å². The number of imide groups is 3. The van der Waals surface area contributed by atoms with E-state index in [0.717, 1.165) is 14.7 Å². The SMILES string of the molecule is CC(=O)CCC(=O)Oc1ccc(C(c2ccc(OC(=O)CCC(C)=O)cc2)c2ccc(OC(=O)CCC(C)=O)c(C(c3ccc(N4C(=O)c5cc(Cl)c(Cl)cc5C4=O)cc3)(c3ccc(N4C(=O)c5cc(Cl)c(Cl)cc5C4=O)cc3)c3ccc(N4C(=O)c5cc(Cl)c(Cl)cc5C4=O)cc3)c2)cc1. The monoisotopic (exact) mass is 1470 g/mol. The number of nitrogens with zero attached hydrogens (tertiary/aromatic N) is 3. The summed E-state index contributed by atoms with van der Waals surface area (Å²) in [6.07, 6.45) is -1.03. The van der Waals surface area contributed by atoms with E-state index in [9.17, 15) is 57.5 Å². The van der Waals surface area contributed by atoms with Gasteiger partial charge in [-0.1, -0.05) is 136 Å². The predicted molar refractivity (Wildman–Crippen MR) is 378 cm³/mol. The fourth-order valence-electron chi connectivity index (χ4n) is 12.5. The smallest absolute Gasteiger partial charge is 0.311 e. The second-order valence-electron chi connectivity index (χ2n) is 24.0. The van der Waals surface area contributed by atoms with E-state index >= 15 is 0 Å². The zero-order chi connectivity index (χ0) is 72.0. The van der Waals surface area contributed by atoms with Gasteiger partial charge in [0.05, 0.1) is 105 Å². The number of hydrogen-bond donors (Lipinski definition) is 0. The highest BCUT2D eigenvalue weighted by atomic mass is 35.5. The Morgan fingerprint density at radius 1 is 0.327 bits per heavy atom. The lowest BCUT2D eigenvalue weighted by Crippen LogP contribution is -2.34. The Bertz CT molecular complexity index is 4550. The molecule has 12 rings (SSSR count). The summed E-state index contributed by atoms with van der Waals surface area (Å²) in [5.74, 6) is -7.88. The van der Waals surface area contributed by atoms with Crippen LogP contribution in [-0.2, 0) is 34.2 Å². The molecule has 0 N–H and O–H groups in total. The molecule has 3 heterocycles. The van der Waals surface area contributed by atoms with Crippen LogP contribution in [0.4, 0.5) is 17.1 Å². The van der Waals surface area contributed by atoms with E-state index in [1.165, 1.54) is 93.6 Å². The second-order valence-corrected chi connectivity index (χ2v) is 26.5. The maximum atomic E-state index is 14.5. The van der Waals surface area contributed by atoms with E-state index in [1.54, 1.807) is 103 Å². The van der Waals surface area contributed by atoms with Gasteiger partial charge in [-0.2, -0.15) is 0 Å². The van der Waals surface area contributed by atoms with E-state index in [1.807, 2.05) is 0 Å². The number of carbonyl (C=O) groups is 12. The molecule has 0 spiro atoms. The fraction of sp³-hybridized carbons (Fsp3) is 0.143. The Labute approximate surface area is 606 Å². The molecule has 0 aliphatic carbocycles. The Hall–Kier alpha value is -10.4. The average Bonchev–Trinajstić information content (AvgIpc) is 1.26. The zero-order valence-corrected chi connectivity index (χ0v) is 57.8. The third-order valence-electron chi connectivity index (χ3n) is 17.4. The van der Waals surface area contributed by atoms with Gasteiger partial charge >= 0.3 is 17.9 Å². The fourth-order valence-corrected chi connectivity index (χ4v) is 13.5. The number of Topliss-reactive ketones (excluding diaryl/α,β-unsaturated/α-hetero) is 3. The number of benzene rings is 9. The zero-order valence-electron chi connectivity index (χ0n) is 53.3. The molecule has 0 saturated heterocycles. The van der Waals surface area contributed by atoms with Crippen LogP contribution in [0.25, 0.3) is 0 Å². The number of ether oxygens (including phenoxy) is 3. The third-order valence-corrected chi connectivity index (χ3v) is 19.5. The van der Waals surface area contributed by atoms with Gasteiger partial charge in [0, 0.05) is 30.7 Å². The van der Waals surface area contributed by atoms with Crippen molar-refractivity contribution in [3.63, 3.8) is 0 Å². The molecule has 506 valence electrons. The Morgan fingerprint density at radius 2 is 0.584 bits per heavy atom. The molecule has 9 aromatic carbocycles. The molecule has 0 radical (unpaired) electrons. The van der Waals surface area contributed by atoms with Crippen LogP contribution in [-0.4, -0.2) is 70.7 Å². The molecule has 101 heavy (non-hydrogen) atoms. The summed E-state index contributed by atoms with van der Waals surface area (Å²) in [6.45, 7) is 4.03. The van der Waals surface area contributed by atoms with E-state index in [2.05, 4.69) is 0 Å². The van der Waals surface area contributed by atoms with Gasteiger partial charge in [0.2, 0.25) is 0 Å². The number of anilines is 3. The first-order valence-electron chi connectivity index (χ1n) is 31.1. The van der Waals surface area contributed by atoms with Gasteiger partial charge in [-0.05, 0) is 163 Å². The molecule has 0 unspecified atom stereocenters. The maximum Gasteiger partial charge on any atom is 0.311 e. The summed E-state index contributed by atoms with van der Waals surface area (Å²) < 4.78 is 17.8. The molecule has 0 aromatic heterocycles. The minimum absolute atomic E-state index is 0.0141. The lowest BCUT2D eigenvalue weighted by Gasteiger charge is -2.39. The standard InChI is InChI=1S/C77H51Cl6N3O15/c1-39(87)4-29-67(90)99-51-24-7-42(8-25-51)70(43-9-26-52(27-10-43)100-68(91)30-5-40(2)88)44-11-28-66(101-69(92)31-6-41(3)89)59(32-44)77(45-12-18-48(19-13-45)84-71(93)53-33-60(78)61(79)34-54(53)72(84)94,46-14-20-49(21-15-46)85-73(95)55-35-62(80)63(81)36-56(55)74(85)96)47-16-22-50(23-17-47)86-75(97)57-37-64(82)65(83)38-58(57)76(86)98/h7-28,32-38,70H,4-6,29-31H2,1-3H3. The molecule has 18 nitrogen and oxygen atoms in total. The van der Waals surface area contributed by atoms with Crippen molar-refractivity contribution in [3.8, 4) is 17.2 Å². The van der Waals surface area contributed by atoms with Gasteiger partial charge in [-0.15, -0.1) is 0 Å². The van der Waals surface area contributed by atoms with Crippen molar-refractivity contribution in [2.45, 2.75) is 70.6 Å². The van der Waals surface area contributed by atoms with Crippen molar-refractivity contribution in [1.82, 2.24) is 0 Å². The van der Waals surface area contributed by atoms with Gasteiger partial charge in [0.15, 0.2) is 0 Å². The van der Waals surface area contributed by atoms with Crippen LogP contribution in [0.5, 0.6) is 17.2 Å². The van der Waals surface area contributed by atoms with Crippen LogP contribution in [0, 0.1) is 0 Å². The molecule has 0 saturated carbocycles. The van der Waals surface area contributed by atoms with E-state index < -0.39 is 64.7 Å². The Kier molecular flexibility index (Phi) is 20.0. The summed E-state index contributed by atoms with van der Waals surface area (Å²) >= 11 is 38.3. The third kappa shape index (κ3) is 13.7. The van der Waals surface area contributed by atoms with Crippen molar-refractivity contribution >= 4 is 157 Å². The average molecular weight is 1470 g/mol. The topological polar surface area (TPSA) is 242 Å². The molecule has 6 amide bonds. The molecule has 0 fully saturated rings. The first-order chi connectivity index (χ1) is 48.2. The van der Waals surface area contributed by atoms with Crippen molar-refractivity contribution in [3.05, 3.63) is 278 Å². The van der Waals surface area contributed by atoms with Crippen LogP contribution in [0.2, 0.25) is 30.1 Å². The molecule has 3 aliphatic heterocycles. The largest absolute Gasteiger partial charge is 0.427 e. The molecule has 9 aromatic rings. The predicted octanol–water partition coefficient (Wildman–Crippen LogP) is 16.4. The Morgan fingerprint density at radius 3 is 0.851 bits per heavy atom. The van der Waals surface area contributed by atoms with Crippen molar-refractivity contribution < 1.29 is 71.7 Å². The molecular weight excluding hydrogens is 1420 g/mol. The lowest BCUT2D eigenvalue weighted by atomic mass is 9.64. The molecule has 0 bridgehead atoms. The number of amides is 6. The summed E-state index contributed by atoms with van der Waals surface area (Å²) in [5, 5.41) is 0.175. The highest BCUT2D eigenvalue weighted by Crippen LogP contribution is 2.52. The van der Waals surface area contributed by atoms with E-state index in [-0.39, 0.29) is 159 Å². The second kappa shape index (κ2) is 28.7. The minimum atomic E-state index is -1.91. The molecular formula is C77H51Cl6N3O15. The number of fused-ring (bicyclic) bond motifs is 3. The number of hydrogen-bond acceptors (Lipinski definition) is 15. The molecule has 24 heteroatoms. The number of rotatable bonds is 22. The first kappa shape index (κ1) is 70.4.